The Bertz CT molecular complexity index is 369. The molecular weight excluding hydrogens is 248 g/mol. The number of carbonyl (C=O) groups excluding carboxylic acids is 1. The quantitative estimate of drug-likeness (QED) is 0.641. The highest BCUT2D eigenvalue weighted by molar-refractivity contribution is 5.86. The molecule has 0 aromatic heterocycles. The Labute approximate surface area is 112 Å². The van der Waals surface area contributed by atoms with Gasteiger partial charge in [-0.3, -0.25) is 0 Å². The summed E-state index contributed by atoms with van der Waals surface area (Å²) < 4.78 is 5.13. The molecule has 0 radical (unpaired) electrons. The van der Waals surface area contributed by atoms with Crippen LogP contribution in [0.2, 0.25) is 0 Å². The predicted molar refractivity (Wildman–Crippen MR) is 69.6 cm³/mol. The minimum Gasteiger partial charge on any atom is -0.480 e. The number of carboxylic acids is 1. The highest BCUT2D eigenvalue weighted by Gasteiger charge is 2.41. The van der Waals surface area contributed by atoms with Gasteiger partial charge < -0.3 is 20.5 Å². The van der Waals surface area contributed by atoms with Crippen LogP contribution in [0.1, 0.15) is 32.6 Å². The largest absolute Gasteiger partial charge is 0.480 e. The molecule has 0 aliphatic carbocycles. The fourth-order valence-electron chi connectivity index (χ4n) is 2.01. The molecule has 1 heterocycles. The fraction of sp³-hybridized carbons (Fsp3) is 0.692. The summed E-state index contributed by atoms with van der Waals surface area (Å²) >= 11 is 0. The van der Waals surface area contributed by atoms with Gasteiger partial charge in [0.15, 0.2) is 0 Å². The smallest absolute Gasteiger partial charge is 0.329 e. The summed E-state index contributed by atoms with van der Waals surface area (Å²) in [4.78, 5) is 23.2. The predicted octanol–water partition coefficient (Wildman–Crippen LogP) is 0.721. The Morgan fingerprint density at radius 1 is 1.47 bits per heavy atom. The molecule has 0 spiro atoms. The monoisotopic (exact) mass is 268 g/mol. The summed E-state index contributed by atoms with van der Waals surface area (Å²) in [6.45, 7) is 2.60. The zero-order valence-electron chi connectivity index (χ0n) is 11.1. The molecule has 1 rings (SSSR count). The van der Waals surface area contributed by atoms with Crippen LogP contribution in [-0.2, 0) is 9.53 Å². The summed E-state index contributed by atoms with van der Waals surface area (Å²) in [6, 6.07) is -0.920. The van der Waals surface area contributed by atoms with Crippen LogP contribution < -0.4 is 10.6 Å². The molecule has 0 bridgehead atoms. The molecule has 1 saturated heterocycles. The van der Waals surface area contributed by atoms with Crippen LogP contribution in [0.25, 0.3) is 0 Å². The van der Waals surface area contributed by atoms with Crippen LogP contribution in [0, 0.1) is 12.3 Å². The van der Waals surface area contributed by atoms with Gasteiger partial charge >= 0.3 is 12.0 Å². The summed E-state index contributed by atoms with van der Waals surface area (Å²) in [7, 11) is 0. The van der Waals surface area contributed by atoms with Crippen molar-refractivity contribution in [3.8, 4) is 12.3 Å². The molecule has 1 aliphatic rings. The summed E-state index contributed by atoms with van der Waals surface area (Å²) in [5.41, 5.74) is -1.26. The van der Waals surface area contributed by atoms with E-state index in [1.807, 2.05) is 6.92 Å². The molecular formula is C13H20N2O4. The molecule has 0 aromatic rings. The van der Waals surface area contributed by atoms with Crippen molar-refractivity contribution in [2.24, 2.45) is 0 Å². The number of ether oxygens (including phenoxy) is 1. The van der Waals surface area contributed by atoms with E-state index >= 15 is 0 Å². The van der Waals surface area contributed by atoms with Gasteiger partial charge in [0.05, 0.1) is 6.04 Å². The number of amides is 2. The normalized spacial score (nSPS) is 18.9. The first-order valence-electron chi connectivity index (χ1n) is 6.40. The van der Waals surface area contributed by atoms with E-state index in [9.17, 15) is 14.7 Å². The van der Waals surface area contributed by atoms with Crippen LogP contribution in [0.15, 0.2) is 0 Å². The highest BCUT2D eigenvalue weighted by Crippen LogP contribution is 2.20. The Kier molecular flexibility index (Phi) is 5.64. The van der Waals surface area contributed by atoms with Gasteiger partial charge in [0.25, 0.3) is 0 Å². The third kappa shape index (κ3) is 4.14. The van der Waals surface area contributed by atoms with Crippen molar-refractivity contribution in [1.82, 2.24) is 10.6 Å². The molecule has 1 aliphatic heterocycles. The van der Waals surface area contributed by atoms with Gasteiger partial charge in [0.2, 0.25) is 0 Å². The molecule has 6 heteroatoms. The van der Waals surface area contributed by atoms with Crippen molar-refractivity contribution in [2.45, 2.75) is 44.2 Å². The average molecular weight is 268 g/mol. The van der Waals surface area contributed by atoms with E-state index in [0.717, 1.165) is 6.42 Å². The van der Waals surface area contributed by atoms with Gasteiger partial charge in [-0.05, 0) is 6.42 Å². The topological polar surface area (TPSA) is 87.7 Å². The van der Waals surface area contributed by atoms with E-state index in [-0.39, 0.29) is 18.9 Å². The zero-order valence-corrected chi connectivity index (χ0v) is 11.1. The van der Waals surface area contributed by atoms with Crippen LogP contribution in [-0.4, -0.2) is 41.9 Å². The fourth-order valence-corrected chi connectivity index (χ4v) is 2.01. The molecule has 0 aromatic carbocycles. The lowest BCUT2D eigenvalue weighted by Crippen LogP contribution is -2.60. The zero-order chi connectivity index (χ0) is 14.3. The van der Waals surface area contributed by atoms with E-state index in [0.29, 0.717) is 19.6 Å². The van der Waals surface area contributed by atoms with Gasteiger partial charge in [-0.2, -0.15) is 0 Å². The average Bonchev–Trinajstić information content (AvgIpc) is 2.39. The van der Waals surface area contributed by atoms with E-state index in [2.05, 4.69) is 16.6 Å². The number of carbonyl (C=O) groups is 2. The first kappa shape index (κ1) is 15.3. The van der Waals surface area contributed by atoms with Crippen molar-refractivity contribution in [1.29, 1.82) is 0 Å². The van der Waals surface area contributed by atoms with Crippen LogP contribution in [0.5, 0.6) is 0 Å². The number of aliphatic carboxylic acids is 1. The van der Waals surface area contributed by atoms with Crippen molar-refractivity contribution >= 4 is 12.0 Å². The number of urea groups is 1. The second kappa shape index (κ2) is 7.00. The lowest BCUT2D eigenvalue weighted by atomic mass is 9.90. The number of nitrogens with one attached hydrogen (secondary N) is 2. The molecule has 1 fully saturated rings. The van der Waals surface area contributed by atoms with Crippen LogP contribution in [0.3, 0.4) is 0 Å². The Balaban J connectivity index is 2.62. The van der Waals surface area contributed by atoms with Gasteiger partial charge in [-0.25, -0.2) is 9.59 Å². The van der Waals surface area contributed by atoms with Gasteiger partial charge in [-0.15, -0.1) is 6.42 Å². The number of rotatable bonds is 5. The van der Waals surface area contributed by atoms with E-state index < -0.39 is 17.5 Å². The van der Waals surface area contributed by atoms with Gasteiger partial charge in [0, 0.05) is 26.1 Å². The lowest BCUT2D eigenvalue weighted by Gasteiger charge is -2.34. The SMILES string of the molecule is C#CC(CCC)NC(=O)NC1(C(=O)O)CCOCC1. The van der Waals surface area contributed by atoms with Crippen LogP contribution in [0.4, 0.5) is 4.79 Å². The molecule has 2 amide bonds. The maximum atomic E-state index is 11.8. The molecule has 1 atom stereocenters. The van der Waals surface area contributed by atoms with E-state index in [4.69, 9.17) is 11.2 Å². The molecule has 6 nitrogen and oxygen atoms in total. The van der Waals surface area contributed by atoms with E-state index in [1.165, 1.54) is 0 Å². The minimum atomic E-state index is -1.26. The van der Waals surface area contributed by atoms with Crippen molar-refractivity contribution in [2.75, 3.05) is 13.2 Å². The summed E-state index contributed by atoms with van der Waals surface area (Å²) in [5, 5.41) is 14.4. The molecule has 1 unspecified atom stereocenters. The van der Waals surface area contributed by atoms with Gasteiger partial charge in [0.1, 0.15) is 5.54 Å². The van der Waals surface area contributed by atoms with E-state index in [1.54, 1.807) is 0 Å². The third-order valence-corrected chi connectivity index (χ3v) is 3.19. The first-order chi connectivity index (χ1) is 9.04. The Morgan fingerprint density at radius 3 is 2.58 bits per heavy atom. The maximum Gasteiger partial charge on any atom is 0.329 e. The summed E-state index contributed by atoms with van der Waals surface area (Å²) in [5.74, 6) is 1.43. The lowest BCUT2D eigenvalue weighted by molar-refractivity contribution is -0.148. The standard InChI is InChI=1S/C13H20N2O4/c1-3-5-10(4-2)14-12(18)15-13(11(16)17)6-8-19-9-7-13/h2,10H,3,5-9H2,1H3,(H,16,17)(H2,14,15,18). The van der Waals surface area contributed by atoms with Crippen molar-refractivity contribution in [3.05, 3.63) is 0 Å². The highest BCUT2D eigenvalue weighted by atomic mass is 16.5. The third-order valence-electron chi connectivity index (χ3n) is 3.19. The minimum absolute atomic E-state index is 0.254. The molecule has 106 valence electrons. The number of carboxylic acid groups (broad SMARTS) is 1. The molecule has 19 heavy (non-hydrogen) atoms. The van der Waals surface area contributed by atoms with Crippen molar-refractivity contribution in [3.63, 3.8) is 0 Å². The molecule has 0 saturated carbocycles. The van der Waals surface area contributed by atoms with Crippen molar-refractivity contribution < 1.29 is 19.4 Å². The second-order valence-corrected chi connectivity index (χ2v) is 4.61. The number of terminal acetylenes is 1. The number of hydrogen-bond donors (Lipinski definition) is 3. The molecule has 3 N–H and O–H groups in total. The Morgan fingerprint density at radius 2 is 2.11 bits per heavy atom. The maximum absolute atomic E-state index is 11.8. The Hall–Kier alpha value is -1.74. The second-order valence-electron chi connectivity index (χ2n) is 4.61. The van der Waals surface area contributed by atoms with Crippen LogP contribution >= 0.6 is 0 Å². The first-order valence-corrected chi connectivity index (χ1v) is 6.40. The number of hydrogen-bond acceptors (Lipinski definition) is 3. The van der Waals surface area contributed by atoms with Gasteiger partial charge in [-0.1, -0.05) is 19.3 Å². The summed E-state index contributed by atoms with van der Waals surface area (Å²) in [6.07, 6.45) is 7.31.